The average Bonchev–Trinajstić information content (AvgIpc) is 3.17. The van der Waals surface area contributed by atoms with Crippen molar-refractivity contribution in [3.63, 3.8) is 0 Å². The topological polar surface area (TPSA) is 90.0 Å². The van der Waals surface area contributed by atoms with Gasteiger partial charge in [0.15, 0.2) is 0 Å². The Kier molecular flexibility index (Phi) is 6.65. The zero-order valence-electron chi connectivity index (χ0n) is 14.8. The number of hydrogen-bond donors (Lipinski definition) is 2. The number of benzene rings is 1. The summed E-state index contributed by atoms with van der Waals surface area (Å²) in [6, 6.07) is 9.40. The van der Waals surface area contributed by atoms with Crippen LogP contribution in [-0.2, 0) is 17.8 Å². The quantitative estimate of drug-likeness (QED) is 0.740. The molecule has 0 radical (unpaired) electrons. The van der Waals surface area contributed by atoms with Crippen molar-refractivity contribution < 1.29 is 18.7 Å². The Hall–Kier alpha value is -2.35. The molecule has 26 heavy (non-hydrogen) atoms. The van der Waals surface area contributed by atoms with Crippen molar-refractivity contribution in [2.45, 2.75) is 13.1 Å². The Morgan fingerprint density at radius 1 is 1.27 bits per heavy atom. The van der Waals surface area contributed by atoms with Crippen molar-refractivity contribution in [1.82, 2.24) is 10.2 Å². The van der Waals surface area contributed by atoms with Crippen LogP contribution in [0.15, 0.2) is 41.0 Å². The van der Waals surface area contributed by atoms with E-state index in [9.17, 15) is 4.79 Å². The number of nitrogens with two attached hydrogens (primary N) is 1. The van der Waals surface area contributed by atoms with Crippen LogP contribution in [0.3, 0.4) is 0 Å². The molecule has 1 saturated heterocycles. The SMILES string of the molecule is NCc1cc(C(=O)NCc2cccc(OCCN3CCOCC3)c2)co1. The summed E-state index contributed by atoms with van der Waals surface area (Å²) in [5, 5.41) is 2.87. The van der Waals surface area contributed by atoms with Gasteiger partial charge in [-0.2, -0.15) is 0 Å². The molecule has 1 aromatic heterocycles. The molecule has 0 aliphatic carbocycles. The first-order chi connectivity index (χ1) is 12.7. The molecule has 7 nitrogen and oxygen atoms in total. The molecule has 0 saturated carbocycles. The number of nitrogens with zero attached hydrogens (tertiary/aromatic N) is 1. The molecule has 3 rings (SSSR count). The summed E-state index contributed by atoms with van der Waals surface area (Å²) < 4.78 is 16.4. The first-order valence-corrected chi connectivity index (χ1v) is 8.82. The Balaban J connectivity index is 1.45. The number of carbonyl (C=O) groups is 1. The predicted octanol–water partition coefficient (Wildman–Crippen LogP) is 1.38. The number of amides is 1. The fourth-order valence-corrected chi connectivity index (χ4v) is 2.75. The van der Waals surface area contributed by atoms with Crippen LogP contribution in [0.5, 0.6) is 5.75 Å². The maximum Gasteiger partial charge on any atom is 0.254 e. The van der Waals surface area contributed by atoms with Crippen LogP contribution in [-0.4, -0.2) is 50.3 Å². The third kappa shape index (κ3) is 5.32. The highest BCUT2D eigenvalue weighted by atomic mass is 16.5. The average molecular weight is 359 g/mol. The van der Waals surface area contributed by atoms with Gasteiger partial charge in [-0.15, -0.1) is 0 Å². The van der Waals surface area contributed by atoms with E-state index in [-0.39, 0.29) is 12.5 Å². The van der Waals surface area contributed by atoms with Gasteiger partial charge in [0.05, 0.1) is 25.3 Å². The lowest BCUT2D eigenvalue weighted by molar-refractivity contribution is 0.0322. The van der Waals surface area contributed by atoms with Crippen LogP contribution in [0.1, 0.15) is 21.7 Å². The van der Waals surface area contributed by atoms with Crippen molar-refractivity contribution in [3.8, 4) is 5.75 Å². The third-order valence-electron chi connectivity index (χ3n) is 4.25. The van der Waals surface area contributed by atoms with Crippen LogP contribution >= 0.6 is 0 Å². The van der Waals surface area contributed by atoms with Crippen LogP contribution < -0.4 is 15.8 Å². The number of furan rings is 1. The van der Waals surface area contributed by atoms with Crippen LogP contribution in [0.2, 0.25) is 0 Å². The Bertz CT molecular complexity index is 710. The molecule has 1 fully saturated rings. The second-order valence-corrected chi connectivity index (χ2v) is 6.14. The van der Waals surface area contributed by atoms with Crippen LogP contribution in [0, 0.1) is 0 Å². The summed E-state index contributed by atoms with van der Waals surface area (Å²) in [6.07, 6.45) is 1.42. The van der Waals surface area contributed by atoms with E-state index in [0.717, 1.165) is 44.2 Å². The highest BCUT2D eigenvalue weighted by molar-refractivity contribution is 5.93. The number of rotatable bonds is 8. The molecule has 1 amide bonds. The normalized spacial score (nSPS) is 15.0. The van der Waals surface area contributed by atoms with Crippen molar-refractivity contribution in [2.24, 2.45) is 5.73 Å². The summed E-state index contributed by atoms with van der Waals surface area (Å²) in [6.45, 7) is 5.70. The maximum absolute atomic E-state index is 12.1. The second-order valence-electron chi connectivity index (χ2n) is 6.14. The zero-order valence-corrected chi connectivity index (χ0v) is 14.8. The summed E-state index contributed by atoms with van der Waals surface area (Å²) in [4.78, 5) is 14.4. The summed E-state index contributed by atoms with van der Waals surface area (Å²) in [5.41, 5.74) is 6.94. The standard InChI is InChI=1S/C19H25N3O4/c20-12-18-11-16(14-26-18)19(23)21-13-15-2-1-3-17(10-15)25-9-6-22-4-7-24-8-5-22/h1-3,10-11,14H,4-9,12-13,20H2,(H,21,23). The number of carbonyl (C=O) groups excluding carboxylic acids is 1. The molecule has 2 heterocycles. The zero-order chi connectivity index (χ0) is 18.2. The maximum atomic E-state index is 12.1. The number of hydrogen-bond acceptors (Lipinski definition) is 6. The second kappa shape index (κ2) is 9.38. The van der Waals surface area contributed by atoms with E-state index < -0.39 is 0 Å². The smallest absolute Gasteiger partial charge is 0.254 e. The fourth-order valence-electron chi connectivity index (χ4n) is 2.75. The van der Waals surface area contributed by atoms with E-state index in [1.54, 1.807) is 6.07 Å². The highest BCUT2D eigenvalue weighted by Crippen LogP contribution is 2.14. The van der Waals surface area contributed by atoms with Crippen molar-refractivity contribution in [3.05, 3.63) is 53.5 Å². The van der Waals surface area contributed by atoms with Crippen molar-refractivity contribution in [1.29, 1.82) is 0 Å². The van der Waals surface area contributed by atoms with Gasteiger partial charge in [0, 0.05) is 26.2 Å². The van der Waals surface area contributed by atoms with Gasteiger partial charge in [-0.25, -0.2) is 0 Å². The first kappa shape index (κ1) is 18.4. The minimum atomic E-state index is -0.188. The molecule has 1 aliphatic heterocycles. The van der Waals surface area contributed by atoms with Gasteiger partial charge < -0.3 is 24.9 Å². The van der Waals surface area contributed by atoms with E-state index in [4.69, 9.17) is 19.6 Å². The van der Waals surface area contributed by atoms with Gasteiger partial charge in [-0.05, 0) is 23.8 Å². The summed E-state index contributed by atoms with van der Waals surface area (Å²) in [5.74, 6) is 1.21. The van der Waals surface area contributed by atoms with Gasteiger partial charge in [-0.3, -0.25) is 9.69 Å². The van der Waals surface area contributed by atoms with Gasteiger partial charge in [0.25, 0.3) is 5.91 Å². The van der Waals surface area contributed by atoms with Gasteiger partial charge in [0.2, 0.25) is 0 Å². The number of morpholine rings is 1. The molecular weight excluding hydrogens is 334 g/mol. The van der Waals surface area contributed by atoms with E-state index in [2.05, 4.69) is 10.2 Å². The Morgan fingerprint density at radius 3 is 2.88 bits per heavy atom. The molecule has 1 aliphatic rings. The molecular formula is C19H25N3O4. The molecule has 0 spiro atoms. The van der Waals surface area contributed by atoms with E-state index in [0.29, 0.717) is 24.5 Å². The Labute approximate surface area is 153 Å². The molecule has 2 aromatic rings. The van der Waals surface area contributed by atoms with Gasteiger partial charge in [0.1, 0.15) is 24.4 Å². The van der Waals surface area contributed by atoms with E-state index in [1.165, 1.54) is 6.26 Å². The monoisotopic (exact) mass is 359 g/mol. The predicted molar refractivity (Wildman–Crippen MR) is 97.0 cm³/mol. The molecule has 3 N–H and O–H groups in total. The summed E-state index contributed by atoms with van der Waals surface area (Å²) in [7, 11) is 0. The molecule has 0 bridgehead atoms. The molecule has 0 unspecified atom stereocenters. The third-order valence-corrected chi connectivity index (χ3v) is 4.25. The number of ether oxygens (including phenoxy) is 2. The van der Waals surface area contributed by atoms with Crippen molar-refractivity contribution in [2.75, 3.05) is 39.5 Å². The minimum Gasteiger partial charge on any atom is -0.492 e. The van der Waals surface area contributed by atoms with Crippen LogP contribution in [0.25, 0.3) is 0 Å². The highest BCUT2D eigenvalue weighted by Gasteiger charge is 2.11. The first-order valence-electron chi connectivity index (χ1n) is 8.82. The van der Waals surface area contributed by atoms with Gasteiger partial charge in [-0.1, -0.05) is 12.1 Å². The molecule has 140 valence electrons. The largest absolute Gasteiger partial charge is 0.492 e. The van der Waals surface area contributed by atoms with E-state index in [1.807, 2.05) is 24.3 Å². The lowest BCUT2D eigenvalue weighted by Gasteiger charge is -2.26. The lowest BCUT2D eigenvalue weighted by atomic mass is 10.2. The number of nitrogens with one attached hydrogen (secondary N) is 1. The minimum absolute atomic E-state index is 0.188. The Morgan fingerprint density at radius 2 is 2.12 bits per heavy atom. The fraction of sp³-hybridized carbons (Fsp3) is 0.421. The molecule has 1 aromatic carbocycles. The lowest BCUT2D eigenvalue weighted by Crippen LogP contribution is -2.38. The van der Waals surface area contributed by atoms with Crippen LogP contribution in [0.4, 0.5) is 0 Å². The van der Waals surface area contributed by atoms with Crippen molar-refractivity contribution >= 4 is 5.91 Å². The molecule has 7 heteroatoms. The molecule has 0 atom stereocenters. The van der Waals surface area contributed by atoms with E-state index >= 15 is 0 Å². The summed E-state index contributed by atoms with van der Waals surface area (Å²) >= 11 is 0. The van der Waals surface area contributed by atoms with Gasteiger partial charge >= 0.3 is 0 Å².